The fraction of sp³-hybridized carbons (Fsp3) is 0.0755. The van der Waals surface area contributed by atoms with Crippen molar-refractivity contribution in [1.82, 2.24) is 4.57 Å². The number of rotatable bonds is 5. The molecule has 0 saturated heterocycles. The van der Waals surface area contributed by atoms with Crippen LogP contribution >= 0.6 is 22.7 Å². The zero-order chi connectivity index (χ0) is 38.5. The maximum absolute atomic E-state index is 7.51. The van der Waals surface area contributed by atoms with Crippen LogP contribution in [0, 0.1) is 0 Å². The summed E-state index contributed by atoms with van der Waals surface area (Å²) in [5, 5.41) is 10.3. The Hall–Kier alpha value is -6.53. The van der Waals surface area contributed by atoms with Crippen molar-refractivity contribution >= 4 is 113 Å². The number of aromatic nitrogens is 1. The Morgan fingerprint density at radius 3 is 1.95 bits per heavy atom. The largest absolute Gasteiger partial charge is 0.398 e. The molecule has 2 N–H and O–H groups in total. The third kappa shape index (κ3) is 4.87. The molecule has 8 aromatic carbocycles. The molecule has 0 fully saturated rings. The maximum Gasteiger partial charge on any atom is 0.126 e. The van der Waals surface area contributed by atoms with Crippen LogP contribution in [0.5, 0.6) is 0 Å². The standard InChI is InChI=1S/C53H37N3S2/c1-2-46(56-42-24-12-9-22-40(42)47-38-20-7-8-21-39(38)48-41-23-11-14-26-44(41)58-53(48)52(47)56)55-51(33-27-28-37-36-19-10-13-25-43(36)57-45(37)30-33)49-34-17-5-3-15-31(34)29-32-16-4-6-18-35(32)50(49)54/h3-28,30,46H,2,29,54H2,1H3/b55-51-. The van der Waals surface area contributed by atoms with Crippen LogP contribution in [0.2, 0.25) is 0 Å². The van der Waals surface area contributed by atoms with E-state index in [0.717, 1.165) is 46.5 Å². The Morgan fingerprint density at radius 2 is 1.17 bits per heavy atom. The van der Waals surface area contributed by atoms with Crippen LogP contribution in [0.15, 0.2) is 169 Å². The number of hydrogen-bond acceptors (Lipinski definition) is 4. The number of allylic oxidation sites excluding steroid dienone is 1. The topological polar surface area (TPSA) is 43.3 Å². The van der Waals surface area contributed by atoms with Gasteiger partial charge in [0.25, 0.3) is 0 Å². The first kappa shape index (κ1) is 33.6. The molecule has 12 rings (SSSR count). The van der Waals surface area contributed by atoms with Crippen molar-refractivity contribution < 1.29 is 0 Å². The molecular formula is C53H37N3S2. The maximum atomic E-state index is 7.51. The number of nitrogens with zero attached hydrogens (tertiary/aromatic N) is 2. The molecule has 0 amide bonds. The minimum absolute atomic E-state index is 0.240. The Labute approximate surface area is 343 Å². The highest BCUT2D eigenvalue weighted by molar-refractivity contribution is 7.27. The van der Waals surface area contributed by atoms with Gasteiger partial charge in [-0.15, -0.1) is 22.7 Å². The van der Waals surface area contributed by atoms with E-state index in [1.165, 1.54) is 84.0 Å². The number of para-hydroxylation sites is 1. The van der Waals surface area contributed by atoms with E-state index in [1.807, 2.05) is 22.7 Å². The molecule has 5 heteroatoms. The van der Waals surface area contributed by atoms with Crippen molar-refractivity contribution in [3.05, 3.63) is 192 Å². The molecule has 0 bridgehead atoms. The fourth-order valence-electron chi connectivity index (χ4n) is 9.70. The second-order valence-electron chi connectivity index (χ2n) is 15.4. The SMILES string of the molecule is CCC(/N=C(\C1=C(N)c2ccccc2Cc2ccccc21)c1ccc2c(c1)sc1ccccc12)n1c2ccccc2c2c3ccccc3c3c4ccccc4sc3c21. The van der Waals surface area contributed by atoms with Gasteiger partial charge in [-0.25, -0.2) is 0 Å². The molecular weight excluding hydrogens is 743 g/mol. The van der Waals surface area contributed by atoms with E-state index in [0.29, 0.717) is 0 Å². The van der Waals surface area contributed by atoms with Gasteiger partial charge in [0.05, 0.1) is 21.4 Å². The molecule has 1 aliphatic rings. The molecule has 3 nitrogen and oxygen atoms in total. The van der Waals surface area contributed by atoms with Gasteiger partial charge in [0, 0.05) is 68.8 Å². The molecule has 276 valence electrons. The number of nitrogens with two attached hydrogens (primary N) is 1. The molecule has 0 spiro atoms. The lowest BCUT2D eigenvalue weighted by atomic mass is 9.90. The Kier molecular flexibility index (Phi) is 7.53. The van der Waals surface area contributed by atoms with E-state index >= 15 is 0 Å². The molecule has 1 unspecified atom stereocenters. The molecule has 11 aromatic rings. The molecule has 1 atom stereocenters. The Morgan fingerprint density at radius 1 is 0.586 bits per heavy atom. The minimum atomic E-state index is -0.240. The van der Waals surface area contributed by atoms with Crippen molar-refractivity contribution in [3.8, 4) is 0 Å². The Balaban J connectivity index is 1.22. The zero-order valence-corrected chi connectivity index (χ0v) is 33.5. The third-order valence-electron chi connectivity index (χ3n) is 12.3. The van der Waals surface area contributed by atoms with Crippen LogP contribution in [-0.2, 0) is 6.42 Å². The summed E-state index contributed by atoms with van der Waals surface area (Å²) in [5.41, 5.74) is 18.4. The molecule has 3 heterocycles. The van der Waals surface area contributed by atoms with Crippen molar-refractivity contribution in [2.24, 2.45) is 10.7 Å². The lowest BCUT2D eigenvalue weighted by Gasteiger charge is -2.22. The first-order chi connectivity index (χ1) is 28.7. The van der Waals surface area contributed by atoms with Crippen LogP contribution < -0.4 is 5.73 Å². The Bertz CT molecular complexity index is 3560. The minimum Gasteiger partial charge on any atom is -0.398 e. The van der Waals surface area contributed by atoms with E-state index in [-0.39, 0.29) is 6.17 Å². The molecule has 0 aliphatic heterocycles. The highest BCUT2D eigenvalue weighted by Gasteiger charge is 2.28. The van der Waals surface area contributed by atoms with E-state index in [9.17, 15) is 0 Å². The second-order valence-corrected chi connectivity index (χ2v) is 17.6. The third-order valence-corrected chi connectivity index (χ3v) is 14.6. The normalized spacial score (nSPS) is 14.0. The lowest BCUT2D eigenvalue weighted by Crippen LogP contribution is -2.15. The van der Waals surface area contributed by atoms with Crippen LogP contribution in [0.3, 0.4) is 0 Å². The smallest absolute Gasteiger partial charge is 0.126 e. The van der Waals surface area contributed by atoms with E-state index in [4.69, 9.17) is 10.7 Å². The number of benzene rings is 8. The second kappa shape index (κ2) is 13.0. The van der Waals surface area contributed by atoms with Crippen molar-refractivity contribution in [1.29, 1.82) is 0 Å². The van der Waals surface area contributed by atoms with E-state index < -0.39 is 0 Å². The summed E-state index contributed by atoms with van der Waals surface area (Å²) in [5.74, 6) is 0. The van der Waals surface area contributed by atoms with Gasteiger partial charge >= 0.3 is 0 Å². The van der Waals surface area contributed by atoms with Crippen molar-refractivity contribution in [2.75, 3.05) is 0 Å². The summed E-state index contributed by atoms with van der Waals surface area (Å²) < 4.78 is 7.70. The van der Waals surface area contributed by atoms with Crippen LogP contribution in [0.25, 0.3) is 84.2 Å². The summed E-state index contributed by atoms with van der Waals surface area (Å²) in [6, 6.07) is 59.8. The number of aliphatic imine (C=N–C) groups is 1. The number of fused-ring (bicyclic) bond motifs is 15. The molecule has 0 radical (unpaired) electrons. The number of thiophene rings is 2. The van der Waals surface area contributed by atoms with Crippen molar-refractivity contribution in [3.63, 3.8) is 0 Å². The van der Waals surface area contributed by atoms with Gasteiger partial charge in [0.1, 0.15) is 6.17 Å². The summed E-state index contributed by atoms with van der Waals surface area (Å²) in [6.45, 7) is 2.28. The molecule has 1 aliphatic carbocycles. The lowest BCUT2D eigenvalue weighted by molar-refractivity contribution is 0.540. The molecule has 58 heavy (non-hydrogen) atoms. The van der Waals surface area contributed by atoms with Crippen molar-refractivity contribution in [2.45, 2.75) is 25.9 Å². The monoisotopic (exact) mass is 779 g/mol. The van der Waals surface area contributed by atoms with Crippen LogP contribution in [0.4, 0.5) is 0 Å². The van der Waals surface area contributed by atoms with Gasteiger partial charge in [-0.1, -0.05) is 146 Å². The van der Waals surface area contributed by atoms with Crippen LogP contribution in [-0.4, -0.2) is 10.3 Å². The summed E-state index contributed by atoms with van der Waals surface area (Å²) in [4.78, 5) is 6.05. The number of hydrogen-bond donors (Lipinski definition) is 1. The summed E-state index contributed by atoms with van der Waals surface area (Å²) in [6.07, 6.45) is 1.35. The average molecular weight is 780 g/mol. The average Bonchev–Trinajstić information content (AvgIpc) is 3.93. The summed E-state index contributed by atoms with van der Waals surface area (Å²) in [7, 11) is 0. The predicted molar refractivity (Wildman–Crippen MR) is 252 cm³/mol. The van der Waals surface area contributed by atoms with Gasteiger partial charge < -0.3 is 10.3 Å². The summed E-state index contributed by atoms with van der Waals surface area (Å²) >= 11 is 3.74. The molecule has 0 saturated carbocycles. The van der Waals surface area contributed by atoms with Gasteiger partial charge in [0.2, 0.25) is 0 Å². The first-order valence-electron chi connectivity index (χ1n) is 20.1. The predicted octanol–water partition coefficient (Wildman–Crippen LogP) is 14.5. The highest BCUT2D eigenvalue weighted by atomic mass is 32.1. The van der Waals surface area contributed by atoms with Gasteiger partial charge in [-0.2, -0.15) is 0 Å². The highest BCUT2D eigenvalue weighted by Crippen LogP contribution is 2.49. The zero-order valence-electron chi connectivity index (χ0n) is 31.9. The van der Waals surface area contributed by atoms with Crippen LogP contribution in [0.1, 0.15) is 47.3 Å². The van der Waals surface area contributed by atoms with Gasteiger partial charge in [-0.3, -0.25) is 4.99 Å². The van der Waals surface area contributed by atoms with Gasteiger partial charge in [0.15, 0.2) is 0 Å². The first-order valence-corrected chi connectivity index (χ1v) is 21.7. The van der Waals surface area contributed by atoms with Gasteiger partial charge in [-0.05, 0) is 64.6 Å². The van der Waals surface area contributed by atoms with E-state index in [1.54, 1.807) is 0 Å². The van der Waals surface area contributed by atoms with E-state index in [2.05, 4.69) is 175 Å². The quantitative estimate of drug-likeness (QED) is 0.174. The fourth-order valence-corrected chi connectivity index (χ4v) is 12.1. The molecule has 3 aromatic heterocycles.